The first-order valence-corrected chi connectivity index (χ1v) is 11.4. The summed E-state index contributed by atoms with van der Waals surface area (Å²) in [6.07, 6.45) is 0. The van der Waals surface area contributed by atoms with Gasteiger partial charge in [-0.1, -0.05) is 78.4 Å². The molecule has 1 heterocycles. The molecule has 1 aromatic heterocycles. The summed E-state index contributed by atoms with van der Waals surface area (Å²) in [6, 6.07) is 29.7. The van der Waals surface area contributed by atoms with E-state index in [4.69, 9.17) is 0 Å². The van der Waals surface area contributed by atoms with Crippen molar-refractivity contribution < 1.29 is 4.79 Å². The molecule has 0 saturated carbocycles. The van der Waals surface area contributed by atoms with Crippen LogP contribution in [0.15, 0.2) is 91.0 Å². The third kappa shape index (κ3) is 6.19. The second kappa shape index (κ2) is 11.1. The van der Waals surface area contributed by atoms with Crippen molar-refractivity contribution in [3.8, 4) is 0 Å². The summed E-state index contributed by atoms with van der Waals surface area (Å²) in [7, 11) is 0. The quantitative estimate of drug-likeness (QED) is 0.305. The second-order valence-corrected chi connectivity index (χ2v) is 8.18. The molecule has 0 fully saturated rings. The van der Waals surface area contributed by atoms with Crippen LogP contribution in [0, 0.1) is 13.8 Å². The number of aryl methyl sites for hydroxylation is 2. The molecule has 4 rings (SSSR count). The summed E-state index contributed by atoms with van der Waals surface area (Å²) in [5.41, 5.74) is 4.95. The molecule has 3 N–H and O–H groups in total. The smallest absolute Gasteiger partial charge is 0.232 e. The Kier molecular flexibility index (Phi) is 7.50. The molecule has 0 unspecified atom stereocenters. The van der Waals surface area contributed by atoms with Gasteiger partial charge in [-0.2, -0.15) is 4.98 Å². The largest absolute Gasteiger partial charge is 0.354 e. The van der Waals surface area contributed by atoms with Crippen LogP contribution >= 0.6 is 0 Å². The second-order valence-electron chi connectivity index (χ2n) is 8.18. The number of hydrogen-bond donors (Lipinski definition) is 3. The molecule has 0 radical (unpaired) electrons. The standard InChI is InChI=1S/C28H29N5O/c1-20-13-15-24(16-14-20)32-25-19-21(2)31-28(33-25)30-18-17-29-27(34)26(22-9-5-3-6-10-22)23-11-7-4-8-12-23/h3-16,19,26H,17-18H2,1-2H3,(H,29,34)(H2,30,31,32,33). The number of nitrogens with zero attached hydrogens (tertiary/aromatic N) is 2. The van der Waals surface area contributed by atoms with Crippen LogP contribution in [-0.4, -0.2) is 29.0 Å². The lowest BCUT2D eigenvalue weighted by atomic mass is 9.90. The molecule has 0 bridgehead atoms. The highest BCUT2D eigenvalue weighted by molar-refractivity contribution is 5.87. The summed E-state index contributed by atoms with van der Waals surface area (Å²) in [6.45, 7) is 4.95. The molecule has 0 aliphatic heterocycles. The first-order chi connectivity index (χ1) is 16.6. The first-order valence-electron chi connectivity index (χ1n) is 11.4. The monoisotopic (exact) mass is 451 g/mol. The summed E-state index contributed by atoms with van der Waals surface area (Å²) in [5.74, 6) is 0.844. The molecule has 34 heavy (non-hydrogen) atoms. The molecular formula is C28H29N5O. The minimum Gasteiger partial charge on any atom is -0.354 e. The highest BCUT2D eigenvalue weighted by atomic mass is 16.1. The third-order valence-electron chi connectivity index (χ3n) is 5.41. The average Bonchev–Trinajstić information content (AvgIpc) is 2.85. The van der Waals surface area contributed by atoms with E-state index in [1.807, 2.05) is 85.8 Å². The summed E-state index contributed by atoms with van der Waals surface area (Å²) in [5, 5.41) is 9.58. The number of hydrogen-bond acceptors (Lipinski definition) is 5. The molecule has 0 spiro atoms. The summed E-state index contributed by atoms with van der Waals surface area (Å²) >= 11 is 0. The van der Waals surface area contributed by atoms with Crippen LogP contribution in [-0.2, 0) is 4.79 Å². The fourth-order valence-electron chi connectivity index (χ4n) is 3.74. The Bertz CT molecular complexity index is 1170. The number of amides is 1. The van der Waals surface area contributed by atoms with E-state index in [1.54, 1.807) is 0 Å². The fourth-order valence-corrected chi connectivity index (χ4v) is 3.74. The van der Waals surface area contributed by atoms with Crippen molar-refractivity contribution in [2.75, 3.05) is 23.7 Å². The van der Waals surface area contributed by atoms with Gasteiger partial charge >= 0.3 is 0 Å². The van der Waals surface area contributed by atoms with Crippen molar-refractivity contribution >= 4 is 23.4 Å². The van der Waals surface area contributed by atoms with Crippen LogP contribution < -0.4 is 16.0 Å². The van der Waals surface area contributed by atoms with Crippen LogP contribution in [0.1, 0.15) is 28.3 Å². The molecule has 6 nitrogen and oxygen atoms in total. The van der Waals surface area contributed by atoms with Crippen molar-refractivity contribution in [1.29, 1.82) is 0 Å². The maximum Gasteiger partial charge on any atom is 0.232 e. The molecule has 6 heteroatoms. The zero-order valence-electron chi connectivity index (χ0n) is 19.5. The van der Waals surface area contributed by atoms with E-state index in [1.165, 1.54) is 5.56 Å². The SMILES string of the molecule is Cc1ccc(Nc2cc(C)nc(NCCNC(=O)C(c3ccccc3)c3ccccc3)n2)cc1. The lowest BCUT2D eigenvalue weighted by Crippen LogP contribution is -2.33. The van der Waals surface area contributed by atoms with Gasteiger partial charge in [0.1, 0.15) is 5.82 Å². The summed E-state index contributed by atoms with van der Waals surface area (Å²) in [4.78, 5) is 22.1. The lowest BCUT2D eigenvalue weighted by molar-refractivity contribution is -0.121. The first kappa shape index (κ1) is 23.0. The Morgan fingerprint density at radius 2 is 1.41 bits per heavy atom. The zero-order valence-corrected chi connectivity index (χ0v) is 19.5. The summed E-state index contributed by atoms with van der Waals surface area (Å²) < 4.78 is 0. The zero-order chi connectivity index (χ0) is 23.8. The fraction of sp³-hybridized carbons (Fsp3) is 0.179. The van der Waals surface area contributed by atoms with Crippen molar-refractivity contribution in [2.45, 2.75) is 19.8 Å². The van der Waals surface area contributed by atoms with E-state index in [2.05, 4.69) is 45.0 Å². The molecule has 0 aliphatic carbocycles. The molecule has 0 saturated heterocycles. The van der Waals surface area contributed by atoms with Gasteiger partial charge in [0.2, 0.25) is 11.9 Å². The predicted octanol–water partition coefficient (Wildman–Crippen LogP) is 5.20. The highest BCUT2D eigenvalue weighted by Crippen LogP contribution is 2.24. The van der Waals surface area contributed by atoms with E-state index in [0.717, 1.165) is 28.3 Å². The number of carbonyl (C=O) groups excluding carboxylic acids is 1. The van der Waals surface area contributed by atoms with Gasteiger partial charge in [-0.3, -0.25) is 4.79 Å². The van der Waals surface area contributed by atoms with Gasteiger partial charge in [-0.15, -0.1) is 0 Å². The number of nitrogens with one attached hydrogen (secondary N) is 3. The number of carbonyl (C=O) groups is 1. The number of benzene rings is 3. The topological polar surface area (TPSA) is 78.9 Å². The van der Waals surface area contributed by atoms with Gasteiger partial charge in [0.05, 0.1) is 5.92 Å². The van der Waals surface area contributed by atoms with Crippen LogP contribution in [0.25, 0.3) is 0 Å². The maximum absolute atomic E-state index is 13.1. The van der Waals surface area contributed by atoms with Gasteiger partial charge in [-0.05, 0) is 37.1 Å². The molecule has 4 aromatic rings. The molecule has 0 aliphatic rings. The van der Waals surface area contributed by atoms with Crippen LogP contribution in [0.5, 0.6) is 0 Å². The van der Waals surface area contributed by atoms with Crippen molar-refractivity contribution in [3.05, 3.63) is 113 Å². The van der Waals surface area contributed by atoms with Gasteiger partial charge in [0.15, 0.2) is 0 Å². The highest BCUT2D eigenvalue weighted by Gasteiger charge is 2.22. The van der Waals surface area contributed by atoms with Gasteiger partial charge in [0.25, 0.3) is 0 Å². The van der Waals surface area contributed by atoms with Crippen LogP contribution in [0.2, 0.25) is 0 Å². The third-order valence-corrected chi connectivity index (χ3v) is 5.41. The Morgan fingerprint density at radius 1 is 0.794 bits per heavy atom. The molecule has 0 atom stereocenters. The van der Waals surface area contributed by atoms with E-state index in [9.17, 15) is 4.79 Å². The van der Waals surface area contributed by atoms with E-state index >= 15 is 0 Å². The van der Waals surface area contributed by atoms with E-state index in [-0.39, 0.29) is 11.8 Å². The predicted molar refractivity (Wildman–Crippen MR) is 137 cm³/mol. The van der Waals surface area contributed by atoms with Crippen molar-refractivity contribution in [1.82, 2.24) is 15.3 Å². The average molecular weight is 452 g/mol. The Labute approximate surface area is 200 Å². The molecule has 172 valence electrons. The van der Waals surface area contributed by atoms with Crippen molar-refractivity contribution in [3.63, 3.8) is 0 Å². The number of anilines is 3. The minimum atomic E-state index is -0.358. The molecular weight excluding hydrogens is 422 g/mol. The van der Waals surface area contributed by atoms with Crippen LogP contribution in [0.3, 0.4) is 0 Å². The minimum absolute atomic E-state index is 0.0360. The maximum atomic E-state index is 13.1. The lowest BCUT2D eigenvalue weighted by Gasteiger charge is -2.18. The normalized spacial score (nSPS) is 10.7. The van der Waals surface area contributed by atoms with E-state index in [0.29, 0.717) is 19.0 Å². The molecule has 3 aromatic carbocycles. The van der Waals surface area contributed by atoms with Gasteiger partial charge in [0, 0.05) is 30.5 Å². The Hall–Kier alpha value is -4.19. The number of aromatic nitrogens is 2. The Balaban J connectivity index is 1.36. The molecule has 1 amide bonds. The van der Waals surface area contributed by atoms with Crippen LogP contribution in [0.4, 0.5) is 17.5 Å². The van der Waals surface area contributed by atoms with Gasteiger partial charge < -0.3 is 16.0 Å². The van der Waals surface area contributed by atoms with Crippen molar-refractivity contribution in [2.24, 2.45) is 0 Å². The Morgan fingerprint density at radius 3 is 2.03 bits per heavy atom. The van der Waals surface area contributed by atoms with E-state index < -0.39 is 0 Å². The number of rotatable bonds is 9. The van der Waals surface area contributed by atoms with Gasteiger partial charge in [-0.25, -0.2) is 4.98 Å².